The van der Waals surface area contributed by atoms with E-state index in [4.69, 9.17) is 0 Å². The molecule has 1 amide bonds. The molecule has 0 saturated carbocycles. The normalized spacial score (nSPS) is 20.1. The number of nitrogens with one attached hydrogen (secondary N) is 1. The highest BCUT2D eigenvalue weighted by Crippen LogP contribution is 2.31. The molecule has 1 atom stereocenters. The molecule has 1 aromatic heterocycles. The molecular weight excluding hydrogens is 352 g/mol. The Kier molecular flexibility index (Phi) is 5.96. The van der Waals surface area contributed by atoms with E-state index in [0.717, 1.165) is 41.9 Å². The number of carbonyl (C=O) groups is 2. The summed E-state index contributed by atoms with van der Waals surface area (Å²) in [5.41, 5.74) is 3.83. The minimum Gasteiger partial charge on any atom is -0.353 e. The third kappa shape index (κ3) is 4.01. The largest absolute Gasteiger partial charge is 0.353 e. The number of hydrogen-bond donors (Lipinski definition) is 1. The van der Waals surface area contributed by atoms with Gasteiger partial charge in [-0.05, 0) is 45.1 Å². The van der Waals surface area contributed by atoms with Crippen molar-refractivity contribution in [1.82, 2.24) is 15.3 Å². The van der Waals surface area contributed by atoms with Crippen LogP contribution in [0.4, 0.5) is 5.82 Å². The molecule has 6 heteroatoms. The van der Waals surface area contributed by atoms with Crippen molar-refractivity contribution >= 4 is 17.5 Å². The third-order valence-corrected chi connectivity index (χ3v) is 5.75. The minimum absolute atomic E-state index is 0.0785. The first-order valence-electron chi connectivity index (χ1n) is 10.1. The van der Waals surface area contributed by atoms with Crippen LogP contribution in [0.2, 0.25) is 0 Å². The van der Waals surface area contributed by atoms with Crippen LogP contribution < -0.4 is 10.2 Å². The molecule has 0 spiro atoms. The van der Waals surface area contributed by atoms with Gasteiger partial charge in [-0.2, -0.15) is 0 Å². The lowest BCUT2D eigenvalue weighted by molar-refractivity contribution is -0.115. The van der Waals surface area contributed by atoms with Crippen molar-refractivity contribution < 1.29 is 9.59 Å². The Hall–Kier alpha value is -2.50. The van der Waals surface area contributed by atoms with Crippen LogP contribution in [-0.2, 0) is 4.79 Å². The van der Waals surface area contributed by atoms with Crippen molar-refractivity contribution in [3.8, 4) is 0 Å². The summed E-state index contributed by atoms with van der Waals surface area (Å²) in [4.78, 5) is 36.1. The van der Waals surface area contributed by atoms with Gasteiger partial charge in [0.2, 0.25) is 0 Å². The predicted molar refractivity (Wildman–Crippen MR) is 110 cm³/mol. The average molecular weight is 383 g/mol. The van der Waals surface area contributed by atoms with Crippen LogP contribution in [0, 0.1) is 12.8 Å². The third-order valence-electron chi connectivity index (χ3n) is 5.75. The number of nitrogens with zero attached hydrogens (tertiary/aromatic N) is 3. The Morgan fingerprint density at radius 1 is 1.29 bits per heavy atom. The van der Waals surface area contributed by atoms with Gasteiger partial charge in [-0.25, -0.2) is 9.97 Å². The van der Waals surface area contributed by atoms with Crippen LogP contribution in [0.3, 0.4) is 0 Å². The second-order valence-corrected chi connectivity index (χ2v) is 8.25. The van der Waals surface area contributed by atoms with Crippen LogP contribution in [0.15, 0.2) is 29.1 Å². The summed E-state index contributed by atoms with van der Waals surface area (Å²) in [6, 6.07) is 0.437. The van der Waals surface area contributed by atoms with E-state index in [9.17, 15) is 9.59 Å². The van der Waals surface area contributed by atoms with Crippen molar-refractivity contribution in [3.63, 3.8) is 0 Å². The molecule has 2 heterocycles. The Morgan fingerprint density at radius 3 is 2.71 bits per heavy atom. The molecule has 3 rings (SSSR count). The van der Waals surface area contributed by atoms with Gasteiger partial charge in [-0.1, -0.05) is 25.5 Å². The lowest BCUT2D eigenvalue weighted by Crippen LogP contribution is -2.35. The number of allylic oxidation sites excluding steroid dienone is 3. The number of hydrogen-bond acceptors (Lipinski definition) is 5. The van der Waals surface area contributed by atoms with E-state index in [1.54, 1.807) is 0 Å². The zero-order chi connectivity index (χ0) is 20.4. The van der Waals surface area contributed by atoms with E-state index >= 15 is 0 Å². The summed E-state index contributed by atoms with van der Waals surface area (Å²) < 4.78 is 0. The second-order valence-electron chi connectivity index (χ2n) is 8.25. The van der Waals surface area contributed by atoms with Gasteiger partial charge in [0.1, 0.15) is 17.8 Å². The number of rotatable bonds is 5. The second kappa shape index (κ2) is 8.25. The predicted octanol–water partition coefficient (Wildman–Crippen LogP) is 3.38. The molecule has 1 N–H and O–H groups in total. The number of amides is 1. The highest BCUT2D eigenvalue weighted by Gasteiger charge is 2.30. The summed E-state index contributed by atoms with van der Waals surface area (Å²) in [7, 11) is 0. The van der Waals surface area contributed by atoms with Gasteiger partial charge in [0.05, 0.1) is 0 Å². The molecule has 1 aliphatic heterocycles. The molecule has 1 aromatic rings. The summed E-state index contributed by atoms with van der Waals surface area (Å²) >= 11 is 0. The number of anilines is 1. The standard InChI is InChI=1S/C22H30N4O2/c1-13(2)18-7-6-8-26(18)21-16(5)20(24-12-25-21)22(28)23-11-17-15(4)9-14(3)10-19(17)27/h9,12-13,18H,6-8,10-11H2,1-5H3,(H,23,28). The van der Waals surface area contributed by atoms with Gasteiger partial charge in [-0.15, -0.1) is 0 Å². The van der Waals surface area contributed by atoms with E-state index in [2.05, 4.69) is 34.0 Å². The smallest absolute Gasteiger partial charge is 0.270 e. The molecule has 0 radical (unpaired) electrons. The van der Waals surface area contributed by atoms with Gasteiger partial charge >= 0.3 is 0 Å². The van der Waals surface area contributed by atoms with Crippen LogP contribution in [0.1, 0.15) is 63.0 Å². The van der Waals surface area contributed by atoms with Crippen molar-refractivity contribution in [2.45, 2.75) is 59.9 Å². The first kappa shape index (κ1) is 20.2. The maximum absolute atomic E-state index is 12.8. The molecule has 1 aliphatic carbocycles. The fourth-order valence-corrected chi connectivity index (χ4v) is 4.29. The van der Waals surface area contributed by atoms with Crippen molar-refractivity contribution in [3.05, 3.63) is 40.4 Å². The SMILES string of the molecule is CC1=CC(C)=C(CNC(=O)c2ncnc(N3CCCC3C(C)C)c2C)C(=O)C1. The zero-order valence-corrected chi connectivity index (χ0v) is 17.5. The number of Topliss-reactive ketones (excluding diaryl/α,β-unsaturated/α-hetero) is 1. The number of aromatic nitrogens is 2. The summed E-state index contributed by atoms with van der Waals surface area (Å²) in [5.74, 6) is 1.19. The fourth-order valence-electron chi connectivity index (χ4n) is 4.29. The van der Waals surface area contributed by atoms with Crippen LogP contribution >= 0.6 is 0 Å². The molecule has 1 fully saturated rings. The van der Waals surface area contributed by atoms with Crippen molar-refractivity contribution in [2.24, 2.45) is 5.92 Å². The molecule has 0 aromatic carbocycles. The van der Waals surface area contributed by atoms with E-state index in [1.165, 1.54) is 6.33 Å². The maximum atomic E-state index is 12.8. The van der Waals surface area contributed by atoms with E-state index in [1.807, 2.05) is 26.8 Å². The van der Waals surface area contributed by atoms with Gasteiger partial charge in [-0.3, -0.25) is 9.59 Å². The first-order chi connectivity index (χ1) is 13.3. The highest BCUT2D eigenvalue weighted by molar-refractivity contribution is 6.01. The highest BCUT2D eigenvalue weighted by atomic mass is 16.2. The van der Waals surface area contributed by atoms with Crippen molar-refractivity contribution in [2.75, 3.05) is 18.0 Å². The van der Waals surface area contributed by atoms with Gasteiger partial charge in [0.15, 0.2) is 5.78 Å². The first-order valence-corrected chi connectivity index (χ1v) is 10.1. The number of ketones is 1. The topological polar surface area (TPSA) is 75.2 Å². The van der Waals surface area contributed by atoms with Crippen LogP contribution in [0.5, 0.6) is 0 Å². The van der Waals surface area contributed by atoms with Gasteiger partial charge < -0.3 is 10.2 Å². The lowest BCUT2D eigenvalue weighted by atomic mass is 9.92. The van der Waals surface area contributed by atoms with Crippen LogP contribution in [-0.4, -0.2) is 40.8 Å². The Morgan fingerprint density at radius 2 is 2.04 bits per heavy atom. The quantitative estimate of drug-likeness (QED) is 0.845. The Labute approximate surface area is 167 Å². The molecule has 6 nitrogen and oxygen atoms in total. The number of carbonyl (C=O) groups excluding carboxylic acids is 2. The molecule has 28 heavy (non-hydrogen) atoms. The molecule has 1 unspecified atom stereocenters. The Bertz CT molecular complexity index is 854. The van der Waals surface area contributed by atoms with E-state index < -0.39 is 0 Å². The summed E-state index contributed by atoms with van der Waals surface area (Å²) in [6.07, 6.45) is 6.18. The van der Waals surface area contributed by atoms with Crippen molar-refractivity contribution in [1.29, 1.82) is 0 Å². The van der Waals surface area contributed by atoms with Crippen LogP contribution in [0.25, 0.3) is 0 Å². The van der Waals surface area contributed by atoms with Gasteiger partial charge in [0.25, 0.3) is 5.91 Å². The summed E-state index contributed by atoms with van der Waals surface area (Å²) in [6.45, 7) is 11.4. The maximum Gasteiger partial charge on any atom is 0.270 e. The van der Waals surface area contributed by atoms with Gasteiger partial charge in [0, 0.05) is 36.7 Å². The molecule has 2 aliphatic rings. The fraction of sp³-hybridized carbons (Fsp3) is 0.545. The lowest BCUT2D eigenvalue weighted by Gasteiger charge is -2.30. The minimum atomic E-state index is -0.263. The monoisotopic (exact) mass is 382 g/mol. The van der Waals surface area contributed by atoms with E-state index in [-0.39, 0.29) is 18.2 Å². The average Bonchev–Trinajstić information content (AvgIpc) is 3.10. The summed E-state index contributed by atoms with van der Waals surface area (Å²) in [5, 5.41) is 2.88. The molecule has 0 bridgehead atoms. The molecule has 1 saturated heterocycles. The van der Waals surface area contributed by atoms with E-state index in [0.29, 0.717) is 29.6 Å². The molecule has 150 valence electrons. The zero-order valence-electron chi connectivity index (χ0n) is 17.5. The Balaban J connectivity index is 1.78. The molecular formula is C22H30N4O2.